The number of likely N-dealkylation sites (N-methyl/N-ethyl adjacent to an activating group) is 1. The van der Waals surface area contributed by atoms with Gasteiger partial charge in [0, 0.05) is 18.2 Å². The Morgan fingerprint density at radius 2 is 2.09 bits per heavy atom. The molecule has 1 aliphatic rings. The minimum atomic E-state index is -4.59. The van der Waals surface area contributed by atoms with Gasteiger partial charge in [0.1, 0.15) is 17.4 Å². The molecular formula is C22H22F3N5O2. The number of likely N-dealkylation sites (tertiary alicyclic amines) is 1. The number of hydrogen-bond donors (Lipinski definition) is 2. The van der Waals surface area contributed by atoms with E-state index >= 15 is 0 Å². The molecule has 0 amide bonds. The summed E-state index contributed by atoms with van der Waals surface area (Å²) in [4.78, 5) is 11.0. The largest absolute Gasteiger partial charge is 0.507 e. The number of fused-ring (bicyclic) bond motifs is 1. The van der Waals surface area contributed by atoms with Gasteiger partial charge in [0.25, 0.3) is 6.01 Å². The van der Waals surface area contributed by atoms with Crippen LogP contribution in [0.4, 0.5) is 19.2 Å². The van der Waals surface area contributed by atoms with Crippen molar-refractivity contribution >= 4 is 17.2 Å². The van der Waals surface area contributed by atoms with Gasteiger partial charge in [-0.2, -0.15) is 23.4 Å². The van der Waals surface area contributed by atoms with Gasteiger partial charge in [-0.3, -0.25) is 0 Å². The van der Waals surface area contributed by atoms with Crippen molar-refractivity contribution in [3.8, 4) is 23.1 Å². The molecule has 168 valence electrons. The maximum Gasteiger partial charge on any atom is 0.416 e. The SMILES string of the molecule is CCN1CCC[C@@H](Nc2nc3nc(-c4c(C)cc(C(F)(F)F)cc4O)cc(C#N)c3o2)C1. The molecule has 1 aromatic carbocycles. The molecule has 7 nitrogen and oxygen atoms in total. The van der Waals surface area contributed by atoms with E-state index in [4.69, 9.17) is 4.42 Å². The first-order valence-electron chi connectivity index (χ1n) is 10.3. The topological polar surface area (TPSA) is 98.2 Å². The summed E-state index contributed by atoms with van der Waals surface area (Å²) < 4.78 is 44.9. The van der Waals surface area contributed by atoms with Crippen LogP contribution >= 0.6 is 0 Å². The molecule has 0 bridgehead atoms. The zero-order chi connectivity index (χ0) is 23.0. The van der Waals surface area contributed by atoms with Crippen molar-refractivity contribution in [1.29, 1.82) is 5.26 Å². The number of anilines is 1. The maximum atomic E-state index is 13.0. The van der Waals surface area contributed by atoms with E-state index in [0.29, 0.717) is 6.07 Å². The number of aromatic hydroxyl groups is 1. The van der Waals surface area contributed by atoms with E-state index < -0.39 is 17.5 Å². The van der Waals surface area contributed by atoms with Crippen molar-refractivity contribution < 1.29 is 22.7 Å². The van der Waals surface area contributed by atoms with E-state index in [-0.39, 0.29) is 45.7 Å². The highest BCUT2D eigenvalue weighted by Gasteiger charge is 2.32. The minimum Gasteiger partial charge on any atom is -0.507 e. The number of aryl methyl sites for hydroxylation is 1. The third-order valence-electron chi connectivity index (χ3n) is 5.66. The fraction of sp³-hybridized carbons (Fsp3) is 0.409. The number of oxazole rings is 1. The van der Waals surface area contributed by atoms with E-state index in [0.717, 1.165) is 38.5 Å². The first-order valence-corrected chi connectivity index (χ1v) is 10.3. The Kier molecular flexibility index (Phi) is 5.69. The molecule has 0 saturated carbocycles. The first-order chi connectivity index (χ1) is 15.2. The second kappa shape index (κ2) is 8.31. The highest BCUT2D eigenvalue weighted by molar-refractivity contribution is 5.83. The molecule has 2 N–H and O–H groups in total. The van der Waals surface area contributed by atoms with E-state index in [1.807, 2.05) is 6.07 Å². The standard InChI is InChI=1S/C22H22F3N5O2/c1-3-30-6-4-5-15(11-30)27-21-29-20-19(32-21)13(10-26)8-16(28-20)18-12(2)7-14(9-17(18)31)22(23,24)25/h7-9,15,31H,3-6,11H2,1-2H3,(H,27,28,29)/t15-/m1/s1. The summed E-state index contributed by atoms with van der Waals surface area (Å²) >= 11 is 0. The number of aromatic nitrogens is 2. The van der Waals surface area contributed by atoms with Crippen LogP contribution < -0.4 is 5.32 Å². The predicted octanol–water partition coefficient (Wildman–Crippen LogP) is 4.69. The van der Waals surface area contributed by atoms with Gasteiger partial charge >= 0.3 is 6.18 Å². The molecule has 0 unspecified atom stereocenters. The van der Waals surface area contributed by atoms with E-state index in [1.165, 1.54) is 13.0 Å². The van der Waals surface area contributed by atoms with Gasteiger partial charge in [-0.05, 0) is 56.6 Å². The zero-order valence-corrected chi connectivity index (χ0v) is 17.6. The quantitative estimate of drug-likeness (QED) is 0.601. The van der Waals surface area contributed by atoms with Crippen molar-refractivity contribution in [3.63, 3.8) is 0 Å². The van der Waals surface area contributed by atoms with Gasteiger partial charge in [-0.15, -0.1) is 0 Å². The third kappa shape index (κ3) is 4.21. The smallest absolute Gasteiger partial charge is 0.416 e. The molecule has 10 heteroatoms. The Bertz CT molecular complexity index is 1180. The van der Waals surface area contributed by atoms with Crippen molar-refractivity contribution in [2.75, 3.05) is 25.0 Å². The van der Waals surface area contributed by atoms with Crippen LogP contribution in [0.2, 0.25) is 0 Å². The number of rotatable bonds is 4. The normalized spacial score (nSPS) is 17.4. The Morgan fingerprint density at radius 3 is 2.75 bits per heavy atom. The number of alkyl halides is 3. The van der Waals surface area contributed by atoms with Crippen LogP contribution in [0.25, 0.3) is 22.5 Å². The summed E-state index contributed by atoms with van der Waals surface area (Å²) in [6.07, 6.45) is -2.59. The maximum absolute atomic E-state index is 13.0. The van der Waals surface area contributed by atoms with Crippen molar-refractivity contribution in [2.45, 2.75) is 38.9 Å². The number of benzene rings is 1. The Labute approximate surface area is 182 Å². The number of hydrogen-bond acceptors (Lipinski definition) is 7. The Balaban J connectivity index is 1.72. The number of nitrogens with one attached hydrogen (secondary N) is 1. The van der Waals surface area contributed by atoms with Crippen molar-refractivity contribution in [1.82, 2.24) is 14.9 Å². The van der Waals surface area contributed by atoms with Gasteiger partial charge in [0.15, 0.2) is 5.58 Å². The number of nitrogens with zero attached hydrogens (tertiary/aromatic N) is 4. The summed E-state index contributed by atoms with van der Waals surface area (Å²) in [6.45, 7) is 6.39. The minimum absolute atomic E-state index is 0.111. The number of nitriles is 1. The fourth-order valence-electron chi connectivity index (χ4n) is 4.09. The van der Waals surface area contributed by atoms with Crippen LogP contribution in [0.15, 0.2) is 22.6 Å². The van der Waals surface area contributed by atoms with Crippen molar-refractivity contribution in [2.24, 2.45) is 0 Å². The summed E-state index contributed by atoms with van der Waals surface area (Å²) in [6, 6.07) is 5.36. The van der Waals surface area contributed by atoms with Crippen LogP contribution in [0.3, 0.4) is 0 Å². The van der Waals surface area contributed by atoms with Crippen LogP contribution in [0.1, 0.15) is 36.5 Å². The van der Waals surface area contributed by atoms with Crippen LogP contribution in [0.5, 0.6) is 5.75 Å². The van der Waals surface area contributed by atoms with Gasteiger partial charge in [0.05, 0.1) is 11.3 Å². The van der Waals surface area contributed by atoms with Gasteiger partial charge in [0.2, 0.25) is 5.65 Å². The monoisotopic (exact) mass is 445 g/mol. The molecule has 0 aliphatic carbocycles. The molecule has 0 radical (unpaired) electrons. The molecule has 32 heavy (non-hydrogen) atoms. The molecule has 2 aromatic heterocycles. The lowest BCUT2D eigenvalue weighted by Gasteiger charge is -2.31. The van der Waals surface area contributed by atoms with Gasteiger partial charge < -0.3 is 19.7 Å². The van der Waals surface area contributed by atoms with Gasteiger partial charge in [-0.1, -0.05) is 6.92 Å². The lowest BCUT2D eigenvalue weighted by Crippen LogP contribution is -2.41. The van der Waals surface area contributed by atoms with Crippen LogP contribution in [0, 0.1) is 18.3 Å². The lowest BCUT2D eigenvalue weighted by atomic mass is 9.99. The average Bonchev–Trinajstić information content (AvgIpc) is 3.14. The van der Waals surface area contributed by atoms with E-state index in [2.05, 4.69) is 27.1 Å². The number of phenols is 1. The molecule has 1 saturated heterocycles. The van der Waals surface area contributed by atoms with Crippen molar-refractivity contribution in [3.05, 3.63) is 34.9 Å². The molecule has 3 aromatic rings. The number of halogens is 3. The lowest BCUT2D eigenvalue weighted by molar-refractivity contribution is -0.137. The molecule has 1 atom stereocenters. The Hall–Kier alpha value is -3.32. The highest BCUT2D eigenvalue weighted by Crippen LogP contribution is 2.39. The van der Waals surface area contributed by atoms with Crippen LogP contribution in [-0.4, -0.2) is 45.7 Å². The second-order valence-corrected chi connectivity index (χ2v) is 7.90. The molecule has 0 spiro atoms. The molecule has 1 fully saturated rings. The summed E-state index contributed by atoms with van der Waals surface area (Å²) in [7, 11) is 0. The van der Waals surface area contributed by atoms with Gasteiger partial charge in [-0.25, -0.2) is 4.98 Å². The predicted molar refractivity (Wildman–Crippen MR) is 112 cm³/mol. The molecule has 3 heterocycles. The summed E-state index contributed by atoms with van der Waals surface area (Å²) in [5, 5.41) is 23.1. The third-order valence-corrected chi connectivity index (χ3v) is 5.66. The number of phenolic OH excluding ortho intramolecular Hbond substituents is 1. The summed E-state index contributed by atoms with van der Waals surface area (Å²) in [5.41, 5.74) is -0.0687. The first kappa shape index (κ1) is 21.9. The van der Waals surface area contributed by atoms with E-state index in [1.54, 1.807) is 0 Å². The molecular weight excluding hydrogens is 423 g/mol. The Morgan fingerprint density at radius 1 is 1.31 bits per heavy atom. The zero-order valence-electron chi connectivity index (χ0n) is 17.6. The number of piperidine rings is 1. The summed E-state index contributed by atoms with van der Waals surface area (Å²) in [5.74, 6) is -0.572. The average molecular weight is 445 g/mol. The van der Waals surface area contributed by atoms with E-state index in [9.17, 15) is 23.5 Å². The number of pyridine rings is 1. The highest BCUT2D eigenvalue weighted by atomic mass is 19.4. The molecule has 4 rings (SSSR count). The fourth-order valence-corrected chi connectivity index (χ4v) is 4.09. The second-order valence-electron chi connectivity index (χ2n) is 7.90. The van der Waals surface area contributed by atoms with Crippen LogP contribution in [-0.2, 0) is 6.18 Å². The molecule has 1 aliphatic heterocycles.